The van der Waals surface area contributed by atoms with Crippen molar-refractivity contribution in [1.29, 1.82) is 0 Å². The smallest absolute Gasteiger partial charge is 0.239 e. The third-order valence-electron chi connectivity index (χ3n) is 7.81. The lowest BCUT2D eigenvalue weighted by Gasteiger charge is -2.29. The van der Waals surface area contributed by atoms with Crippen LogP contribution in [0, 0.1) is 5.92 Å². The average Bonchev–Trinajstić information content (AvgIpc) is 3.10. The van der Waals surface area contributed by atoms with Gasteiger partial charge in [0.15, 0.2) is 0 Å². The Balaban J connectivity index is 1.74. The predicted molar refractivity (Wildman–Crippen MR) is 156 cm³/mol. The minimum atomic E-state index is -0.248. The van der Waals surface area contributed by atoms with Crippen molar-refractivity contribution in [3.63, 3.8) is 0 Å². The maximum atomic E-state index is 13.8. The second-order valence-corrected chi connectivity index (χ2v) is 10.6. The molecule has 3 unspecified atom stereocenters. The summed E-state index contributed by atoms with van der Waals surface area (Å²) in [6.45, 7) is 7.01. The van der Waals surface area contributed by atoms with Gasteiger partial charge in [-0.1, -0.05) is 87.4 Å². The molecule has 3 atom stereocenters. The van der Waals surface area contributed by atoms with Crippen LogP contribution in [-0.4, -0.2) is 62.0 Å². The van der Waals surface area contributed by atoms with Gasteiger partial charge < -0.3 is 20.9 Å². The van der Waals surface area contributed by atoms with Gasteiger partial charge in [-0.05, 0) is 56.8 Å². The van der Waals surface area contributed by atoms with Crippen LogP contribution in [0.15, 0.2) is 60.7 Å². The number of carbonyl (C=O) groups is 2. The Bertz CT molecular complexity index is 913. The Labute approximate surface area is 230 Å². The molecule has 3 N–H and O–H groups in total. The number of carbonyl (C=O) groups excluding carboxylic acids is 2. The van der Waals surface area contributed by atoms with Crippen LogP contribution in [0.2, 0.25) is 0 Å². The van der Waals surface area contributed by atoms with E-state index in [-0.39, 0.29) is 35.7 Å². The molecule has 0 saturated carbocycles. The van der Waals surface area contributed by atoms with Gasteiger partial charge in [-0.2, -0.15) is 0 Å². The van der Waals surface area contributed by atoms with Gasteiger partial charge in [0.05, 0.1) is 6.04 Å². The van der Waals surface area contributed by atoms with E-state index in [1.54, 1.807) is 0 Å². The maximum Gasteiger partial charge on any atom is 0.239 e. The second kappa shape index (κ2) is 16.3. The highest BCUT2D eigenvalue weighted by molar-refractivity contribution is 5.82. The standard InChI is InChI=1S/C32H48N4O2/c1-4-6-14-25(5-2)31(37)34-23-28-20-22-36(32(38)30(35-28)19-13-21-33-3)24-29(26-15-9-7-10-16-26)27-17-11-8-12-18-27/h7-12,15-18,25,28-30,33,35H,4-6,13-14,19-24H2,1-3H3,(H,34,37). The van der Waals surface area contributed by atoms with E-state index in [2.05, 4.69) is 83.2 Å². The summed E-state index contributed by atoms with van der Waals surface area (Å²) in [6, 6.07) is 20.8. The minimum absolute atomic E-state index is 0.0720. The average molecular weight is 521 g/mol. The van der Waals surface area contributed by atoms with E-state index < -0.39 is 0 Å². The zero-order chi connectivity index (χ0) is 27.2. The van der Waals surface area contributed by atoms with Crippen molar-refractivity contribution in [2.45, 2.75) is 76.8 Å². The fourth-order valence-corrected chi connectivity index (χ4v) is 5.45. The molecule has 1 saturated heterocycles. The molecule has 3 rings (SSSR count). The number of nitrogens with one attached hydrogen (secondary N) is 3. The van der Waals surface area contributed by atoms with Crippen LogP contribution in [0.3, 0.4) is 0 Å². The molecule has 1 heterocycles. The molecule has 208 valence electrons. The highest BCUT2D eigenvalue weighted by Gasteiger charge is 2.32. The number of benzene rings is 2. The summed E-state index contributed by atoms with van der Waals surface area (Å²) in [5.41, 5.74) is 2.44. The second-order valence-electron chi connectivity index (χ2n) is 10.6. The first-order valence-electron chi connectivity index (χ1n) is 14.6. The Morgan fingerprint density at radius 1 is 1.03 bits per heavy atom. The summed E-state index contributed by atoms with van der Waals surface area (Å²) in [6.07, 6.45) is 6.50. The van der Waals surface area contributed by atoms with Crippen molar-refractivity contribution in [2.24, 2.45) is 5.92 Å². The quantitative estimate of drug-likeness (QED) is 0.298. The van der Waals surface area contributed by atoms with Crippen molar-refractivity contribution in [3.05, 3.63) is 71.8 Å². The van der Waals surface area contributed by atoms with Crippen molar-refractivity contribution in [2.75, 3.05) is 33.2 Å². The number of rotatable bonds is 15. The lowest BCUT2D eigenvalue weighted by molar-refractivity contribution is -0.133. The zero-order valence-electron chi connectivity index (χ0n) is 23.6. The molecule has 2 amide bonds. The molecule has 0 radical (unpaired) electrons. The zero-order valence-corrected chi connectivity index (χ0v) is 23.6. The van der Waals surface area contributed by atoms with Crippen LogP contribution >= 0.6 is 0 Å². The van der Waals surface area contributed by atoms with E-state index in [0.29, 0.717) is 19.6 Å². The normalized spacial score (nSPS) is 18.8. The molecular formula is C32H48N4O2. The first-order chi connectivity index (χ1) is 18.6. The molecule has 0 aromatic heterocycles. The molecule has 0 bridgehead atoms. The van der Waals surface area contributed by atoms with Gasteiger partial charge in [-0.3, -0.25) is 9.59 Å². The number of amides is 2. The fourth-order valence-electron chi connectivity index (χ4n) is 5.45. The topological polar surface area (TPSA) is 73.5 Å². The van der Waals surface area contributed by atoms with E-state index in [9.17, 15) is 9.59 Å². The van der Waals surface area contributed by atoms with Gasteiger partial charge in [0.2, 0.25) is 11.8 Å². The molecule has 1 aliphatic rings. The molecule has 1 aliphatic heterocycles. The van der Waals surface area contributed by atoms with Crippen molar-refractivity contribution >= 4 is 11.8 Å². The fraction of sp³-hybridized carbons (Fsp3) is 0.562. The van der Waals surface area contributed by atoms with Gasteiger partial charge in [0.25, 0.3) is 0 Å². The summed E-state index contributed by atoms with van der Waals surface area (Å²) >= 11 is 0. The highest BCUT2D eigenvalue weighted by atomic mass is 16.2. The number of hydrogen-bond acceptors (Lipinski definition) is 4. The summed E-state index contributed by atoms with van der Waals surface area (Å²) in [5.74, 6) is 0.499. The lowest BCUT2D eigenvalue weighted by atomic mass is 9.90. The van der Waals surface area contributed by atoms with E-state index in [1.807, 2.05) is 19.2 Å². The molecule has 2 aromatic rings. The van der Waals surface area contributed by atoms with Gasteiger partial charge in [-0.25, -0.2) is 0 Å². The van der Waals surface area contributed by atoms with E-state index in [1.165, 1.54) is 11.1 Å². The SMILES string of the molecule is CCCCC(CC)C(=O)NCC1CCN(CC(c2ccccc2)c2ccccc2)C(=O)C(CCCNC)N1. The highest BCUT2D eigenvalue weighted by Crippen LogP contribution is 2.27. The number of nitrogens with zero attached hydrogens (tertiary/aromatic N) is 1. The Morgan fingerprint density at radius 2 is 1.68 bits per heavy atom. The Hall–Kier alpha value is -2.70. The van der Waals surface area contributed by atoms with Gasteiger partial charge >= 0.3 is 0 Å². The van der Waals surface area contributed by atoms with Gasteiger partial charge in [-0.15, -0.1) is 0 Å². The molecule has 0 aliphatic carbocycles. The number of hydrogen-bond donors (Lipinski definition) is 3. The minimum Gasteiger partial charge on any atom is -0.354 e. The van der Waals surface area contributed by atoms with E-state index in [4.69, 9.17) is 0 Å². The van der Waals surface area contributed by atoms with Crippen LogP contribution in [0.5, 0.6) is 0 Å². The lowest BCUT2D eigenvalue weighted by Crippen LogP contribution is -2.49. The first kappa shape index (κ1) is 29.9. The molecule has 6 heteroatoms. The predicted octanol–water partition coefficient (Wildman–Crippen LogP) is 4.71. The van der Waals surface area contributed by atoms with E-state index >= 15 is 0 Å². The first-order valence-corrected chi connectivity index (χ1v) is 14.6. The van der Waals surface area contributed by atoms with Crippen LogP contribution in [0.4, 0.5) is 0 Å². The Kier molecular flexibility index (Phi) is 12.8. The largest absolute Gasteiger partial charge is 0.354 e. The molecule has 1 fully saturated rings. The third-order valence-corrected chi connectivity index (χ3v) is 7.81. The van der Waals surface area contributed by atoms with Crippen LogP contribution in [0.25, 0.3) is 0 Å². The van der Waals surface area contributed by atoms with Crippen molar-refractivity contribution < 1.29 is 9.59 Å². The Morgan fingerprint density at radius 3 is 2.26 bits per heavy atom. The summed E-state index contributed by atoms with van der Waals surface area (Å²) in [7, 11) is 1.94. The summed E-state index contributed by atoms with van der Waals surface area (Å²) < 4.78 is 0. The molecule has 2 aromatic carbocycles. The van der Waals surface area contributed by atoms with Crippen LogP contribution in [-0.2, 0) is 9.59 Å². The summed E-state index contributed by atoms with van der Waals surface area (Å²) in [5, 5.41) is 10.0. The molecule has 38 heavy (non-hydrogen) atoms. The summed E-state index contributed by atoms with van der Waals surface area (Å²) in [4.78, 5) is 28.8. The van der Waals surface area contributed by atoms with Crippen LogP contribution in [0.1, 0.15) is 75.8 Å². The molecule has 0 spiro atoms. The van der Waals surface area contributed by atoms with Crippen molar-refractivity contribution in [3.8, 4) is 0 Å². The van der Waals surface area contributed by atoms with Gasteiger partial charge in [0, 0.05) is 37.5 Å². The van der Waals surface area contributed by atoms with Crippen molar-refractivity contribution in [1.82, 2.24) is 20.9 Å². The van der Waals surface area contributed by atoms with Gasteiger partial charge in [0.1, 0.15) is 0 Å². The third kappa shape index (κ3) is 8.95. The monoisotopic (exact) mass is 520 g/mol. The number of unbranched alkanes of at least 4 members (excludes halogenated alkanes) is 1. The molecular weight excluding hydrogens is 472 g/mol. The molecule has 6 nitrogen and oxygen atoms in total. The maximum absolute atomic E-state index is 13.8. The van der Waals surface area contributed by atoms with Crippen LogP contribution < -0.4 is 16.0 Å². The van der Waals surface area contributed by atoms with E-state index in [0.717, 1.165) is 51.5 Å².